The average molecular weight is 281 g/mol. The standard InChI is InChI=1S/C13H13ClN2O3/c1-19-5-4-15-13(18)10-7-16-11-3-2-8(14)6-9(11)12(10)17/h2-3,6-7H,4-5H2,1H3,(H,15,18)(H,16,17). The molecule has 0 unspecified atom stereocenters. The molecule has 5 nitrogen and oxygen atoms in total. The number of ether oxygens (including phenoxy) is 1. The molecule has 1 heterocycles. The molecule has 2 aromatic rings. The van der Waals surface area contributed by atoms with Crippen LogP contribution >= 0.6 is 11.6 Å². The number of hydrogen-bond donors (Lipinski definition) is 2. The van der Waals surface area contributed by atoms with Crippen molar-refractivity contribution in [2.45, 2.75) is 0 Å². The predicted octanol–water partition coefficient (Wildman–Crippen LogP) is 1.56. The van der Waals surface area contributed by atoms with E-state index < -0.39 is 5.91 Å². The van der Waals surface area contributed by atoms with Crippen LogP contribution in [0.15, 0.2) is 29.2 Å². The lowest BCUT2D eigenvalue weighted by Gasteiger charge is -2.05. The quantitative estimate of drug-likeness (QED) is 0.835. The number of rotatable bonds is 4. The highest BCUT2D eigenvalue weighted by atomic mass is 35.5. The first kappa shape index (κ1) is 13.6. The molecule has 1 aromatic carbocycles. The molecule has 0 saturated carbocycles. The van der Waals surface area contributed by atoms with E-state index in [2.05, 4.69) is 10.3 Å². The predicted molar refractivity (Wildman–Crippen MR) is 73.8 cm³/mol. The van der Waals surface area contributed by atoms with Gasteiger partial charge in [-0.1, -0.05) is 11.6 Å². The van der Waals surface area contributed by atoms with Gasteiger partial charge in [0.15, 0.2) is 0 Å². The molecule has 0 fully saturated rings. The van der Waals surface area contributed by atoms with Gasteiger partial charge in [-0.05, 0) is 18.2 Å². The van der Waals surface area contributed by atoms with Crippen molar-refractivity contribution < 1.29 is 9.53 Å². The Morgan fingerprint density at radius 3 is 3.00 bits per heavy atom. The summed E-state index contributed by atoms with van der Waals surface area (Å²) in [6, 6.07) is 4.92. The van der Waals surface area contributed by atoms with Crippen LogP contribution in [0.1, 0.15) is 10.4 Å². The molecular formula is C13H13ClN2O3. The third kappa shape index (κ3) is 2.94. The summed E-state index contributed by atoms with van der Waals surface area (Å²) in [5, 5.41) is 3.45. The van der Waals surface area contributed by atoms with Gasteiger partial charge in [0.25, 0.3) is 5.91 Å². The highest BCUT2D eigenvalue weighted by Crippen LogP contribution is 2.14. The maximum atomic E-state index is 12.2. The summed E-state index contributed by atoms with van der Waals surface area (Å²) in [4.78, 5) is 26.9. The van der Waals surface area contributed by atoms with E-state index in [4.69, 9.17) is 16.3 Å². The van der Waals surface area contributed by atoms with E-state index in [1.807, 2.05) is 0 Å². The number of nitrogens with one attached hydrogen (secondary N) is 2. The number of aromatic amines is 1. The molecule has 6 heteroatoms. The Bertz CT molecular complexity index is 666. The van der Waals surface area contributed by atoms with Crippen LogP contribution in [0.2, 0.25) is 5.02 Å². The fourth-order valence-electron chi connectivity index (χ4n) is 1.72. The highest BCUT2D eigenvalue weighted by Gasteiger charge is 2.12. The molecule has 100 valence electrons. The van der Waals surface area contributed by atoms with Gasteiger partial charge in [-0.2, -0.15) is 0 Å². The molecule has 0 aliphatic rings. The van der Waals surface area contributed by atoms with Crippen molar-refractivity contribution in [2.24, 2.45) is 0 Å². The van der Waals surface area contributed by atoms with Crippen LogP contribution in [0.25, 0.3) is 10.9 Å². The minimum atomic E-state index is -0.430. The Kier molecular flexibility index (Phi) is 4.19. The Balaban J connectivity index is 2.37. The second-order valence-electron chi connectivity index (χ2n) is 3.97. The summed E-state index contributed by atoms with van der Waals surface area (Å²) in [6.45, 7) is 0.741. The number of carbonyl (C=O) groups is 1. The number of fused-ring (bicyclic) bond motifs is 1. The van der Waals surface area contributed by atoms with Crippen LogP contribution in [0.4, 0.5) is 0 Å². The molecule has 0 bridgehead atoms. The van der Waals surface area contributed by atoms with E-state index in [1.54, 1.807) is 18.2 Å². The number of aromatic nitrogens is 1. The zero-order valence-electron chi connectivity index (χ0n) is 10.3. The van der Waals surface area contributed by atoms with E-state index in [0.717, 1.165) is 0 Å². The third-order valence-electron chi connectivity index (χ3n) is 2.68. The first-order valence-corrected chi connectivity index (χ1v) is 6.09. The summed E-state index contributed by atoms with van der Waals surface area (Å²) >= 11 is 5.86. The number of methoxy groups -OCH3 is 1. The summed E-state index contributed by atoms with van der Waals surface area (Å²) in [5.74, 6) is -0.430. The first-order valence-electron chi connectivity index (χ1n) is 5.71. The van der Waals surface area contributed by atoms with Gasteiger partial charge in [-0.3, -0.25) is 9.59 Å². The molecule has 1 amide bonds. The molecule has 2 N–H and O–H groups in total. The maximum absolute atomic E-state index is 12.2. The van der Waals surface area contributed by atoms with E-state index in [1.165, 1.54) is 13.3 Å². The molecular weight excluding hydrogens is 268 g/mol. The molecule has 0 radical (unpaired) electrons. The Hall–Kier alpha value is -1.85. The van der Waals surface area contributed by atoms with Crippen molar-refractivity contribution in [1.29, 1.82) is 0 Å². The van der Waals surface area contributed by atoms with Gasteiger partial charge in [0, 0.05) is 35.8 Å². The molecule has 2 rings (SSSR count). The van der Waals surface area contributed by atoms with E-state index in [-0.39, 0.29) is 11.0 Å². The molecule has 0 spiro atoms. The topological polar surface area (TPSA) is 71.2 Å². The number of pyridine rings is 1. The SMILES string of the molecule is COCCNC(=O)c1c[nH]c2ccc(Cl)cc2c1=O. The lowest BCUT2D eigenvalue weighted by molar-refractivity contribution is 0.0936. The summed E-state index contributed by atoms with van der Waals surface area (Å²) in [7, 11) is 1.54. The Morgan fingerprint density at radius 1 is 1.47 bits per heavy atom. The van der Waals surface area contributed by atoms with Gasteiger partial charge < -0.3 is 15.0 Å². The number of hydrogen-bond acceptors (Lipinski definition) is 3. The largest absolute Gasteiger partial charge is 0.383 e. The second-order valence-corrected chi connectivity index (χ2v) is 4.41. The van der Waals surface area contributed by atoms with E-state index in [9.17, 15) is 9.59 Å². The summed E-state index contributed by atoms with van der Waals surface area (Å²) in [6.07, 6.45) is 1.40. The number of benzene rings is 1. The normalized spacial score (nSPS) is 10.6. The number of H-pyrrole nitrogens is 1. The van der Waals surface area contributed by atoms with Crippen LogP contribution in [0.3, 0.4) is 0 Å². The fourth-order valence-corrected chi connectivity index (χ4v) is 1.89. The second kappa shape index (κ2) is 5.86. The Morgan fingerprint density at radius 2 is 2.26 bits per heavy atom. The van der Waals surface area contributed by atoms with Crippen LogP contribution in [0, 0.1) is 0 Å². The van der Waals surface area contributed by atoms with Gasteiger partial charge >= 0.3 is 0 Å². The van der Waals surface area contributed by atoms with Crippen LogP contribution in [-0.4, -0.2) is 31.2 Å². The fraction of sp³-hybridized carbons (Fsp3) is 0.231. The molecule has 0 aliphatic carbocycles. The highest BCUT2D eigenvalue weighted by molar-refractivity contribution is 6.31. The van der Waals surface area contributed by atoms with Gasteiger partial charge in [-0.15, -0.1) is 0 Å². The molecule has 0 aliphatic heterocycles. The molecule has 19 heavy (non-hydrogen) atoms. The number of carbonyl (C=O) groups excluding carboxylic acids is 1. The van der Waals surface area contributed by atoms with Crippen LogP contribution < -0.4 is 10.7 Å². The number of amides is 1. The zero-order valence-corrected chi connectivity index (χ0v) is 11.1. The van der Waals surface area contributed by atoms with Crippen molar-refractivity contribution in [2.75, 3.05) is 20.3 Å². The van der Waals surface area contributed by atoms with Crippen LogP contribution in [0.5, 0.6) is 0 Å². The summed E-state index contributed by atoms with van der Waals surface area (Å²) in [5.41, 5.74) is 0.361. The van der Waals surface area contributed by atoms with Crippen molar-refractivity contribution in [1.82, 2.24) is 10.3 Å². The summed E-state index contributed by atoms with van der Waals surface area (Å²) < 4.78 is 4.83. The van der Waals surface area contributed by atoms with Crippen LogP contribution in [-0.2, 0) is 4.74 Å². The van der Waals surface area contributed by atoms with Gasteiger partial charge in [0.2, 0.25) is 5.43 Å². The van der Waals surface area contributed by atoms with Gasteiger partial charge in [-0.25, -0.2) is 0 Å². The van der Waals surface area contributed by atoms with Crippen molar-refractivity contribution >= 4 is 28.4 Å². The van der Waals surface area contributed by atoms with Crippen molar-refractivity contribution in [3.05, 3.63) is 45.2 Å². The van der Waals surface area contributed by atoms with E-state index in [0.29, 0.717) is 29.1 Å². The minimum absolute atomic E-state index is 0.0610. The van der Waals surface area contributed by atoms with Crippen molar-refractivity contribution in [3.8, 4) is 0 Å². The number of halogens is 1. The lowest BCUT2D eigenvalue weighted by atomic mass is 10.1. The van der Waals surface area contributed by atoms with E-state index >= 15 is 0 Å². The maximum Gasteiger partial charge on any atom is 0.256 e. The minimum Gasteiger partial charge on any atom is -0.383 e. The molecule has 1 aromatic heterocycles. The monoisotopic (exact) mass is 280 g/mol. The third-order valence-corrected chi connectivity index (χ3v) is 2.91. The Labute approximate surface area is 114 Å². The van der Waals surface area contributed by atoms with Gasteiger partial charge in [0.1, 0.15) is 5.56 Å². The van der Waals surface area contributed by atoms with Gasteiger partial charge in [0.05, 0.1) is 6.61 Å². The average Bonchev–Trinajstić information content (AvgIpc) is 2.40. The smallest absolute Gasteiger partial charge is 0.256 e. The lowest BCUT2D eigenvalue weighted by Crippen LogP contribution is -2.31. The molecule has 0 saturated heterocycles. The van der Waals surface area contributed by atoms with Crippen molar-refractivity contribution in [3.63, 3.8) is 0 Å². The molecule has 0 atom stereocenters. The zero-order chi connectivity index (χ0) is 13.8. The first-order chi connectivity index (χ1) is 9.13.